The van der Waals surface area contributed by atoms with Crippen LogP contribution in [0.15, 0.2) is 96.5 Å². The molecule has 0 saturated carbocycles. The first-order valence-electron chi connectivity index (χ1n) is 13.3. The van der Waals surface area contributed by atoms with Crippen molar-refractivity contribution in [2.24, 2.45) is 0 Å². The molecule has 0 amide bonds. The highest BCUT2D eigenvalue weighted by Gasteiger charge is 2.50. The lowest BCUT2D eigenvalue weighted by Crippen LogP contribution is -2.47. The predicted octanol–water partition coefficient (Wildman–Crippen LogP) is 7.47. The fourth-order valence-electron chi connectivity index (χ4n) is 7.37. The first kappa shape index (κ1) is 21.8. The monoisotopic (exact) mass is 456 g/mol. The second-order valence-electron chi connectivity index (χ2n) is 10.6. The summed E-state index contributed by atoms with van der Waals surface area (Å²) in [5.74, 6) is 5.46. The first-order valence-corrected chi connectivity index (χ1v) is 15.5. The van der Waals surface area contributed by atoms with Crippen LogP contribution in [0.2, 0.25) is 17.7 Å². The molecule has 1 atom stereocenters. The molecule has 34 heavy (non-hydrogen) atoms. The minimum atomic E-state index is -2.24. The number of hydrogen-bond acceptors (Lipinski definition) is 0. The molecule has 3 aliphatic rings. The van der Waals surface area contributed by atoms with Crippen LogP contribution in [0, 0.1) is 11.5 Å². The molecule has 3 aromatic rings. The molecule has 0 N–H and O–H groups in total. The molecule has 0 aromatic heterocycles. The number of fused-ring (bicyclic) bond motifs is 2. The largest absolute Gasteiger partial charge is 0.199 e. The fraction of sp³-hybridized carbons (Fsp3) is 0.312. The average molecular weight is 457 g/mol. The molecule has 0 radical (unpaired) electrons. The number of allylic oxidation sites excluding steroid dienone is 1. The standard InChI is InChI=1S/C32H33BSi/c1-4-12-26(13-5-1)22-24-34(30-20-8-3-9-21-30)25-23-31(32(34)27-14-6-2-7-15-27)33-28-16-10-17-29(33)19-11-18-28/h1-9,12-15,20-21,28-29H,10-11,16-19,23,25H2. The molecule has 2 heteroatoms. The third-order valence-corrected chi connectivity index (χ3v) is 13.1. The van der Waals surface area contributed by atoms with E-state index in [1.54, 1.807) is 10.7 Å². The van der Waals surface area contributed by atoms with Gasteiger partial charge < -0.3 is 0 Å². The summed E-state index contributed by atoms with van der Waals surface area (Å²) >= 11 is 0. The van der Waals surface area contributed by atoms with E-state index in [1.165, 1.54) is 61.7 Å². The second-order valence-corrected chi connectivity index (χ2v) is 14.2. The quantitative estimate of drug-likeness (QED) is 0.283. The van der Waals surface area contributed by atoms with Gasteiger partial charge in [0.2, 0.25) is 0 Å². The van der Waals surface area contributed by atoms with Crippen LogP contribution in [0.3, 0.4) is 0 Å². The van der Waals surface area contributed by atoms with Crippen molar-refractivity contribution >= 4 is 25.2 Å². The molecule has 0 nitrogen and oxygen atoms in total. The summed E-state index contributed by atoms with van der Waals surface area (Å²) in [5.41, 5.74) is 8.43. The lowest BCUT2D eigenvalue weighted by atomic mass is 9.24. The summed E-state index contributed by atoms with van der Waals surface area (Å²) in [7, 11) is -2.24. The van der Waals surface area contributed by atoms with E-state index in [2.05, 4.69) is 102 Å². The van der Waals surface area contributed by atoms with Crippen LogP contribution in [-0.2, 0) is 0 Å². The second kappa shape index (κ2) is 9.48. The molecule has 168 valence electrons. The van der Waals surface area contributed by atoms with E-state index >= 15 is 0 Å². The van der Waals surface area contributed by atoms with Crippen LogP contribution in [-0.4, -0.2) is 14.8 Å². The summed E-state index contributed by atoms with van der Waals surface area (Å²) in [6.45, 7) is 0.786. The topological polar surface area (TPSA) is 0 Å². The van der Waals surface area contributed by atoms with Gasteiger partial charge in [0.15, 0.2) is 14.8 Å². The molecule has 2 fully saturated rings. The third-order valence-electron chi connectivity index (χ3n) is 8.76. The van der Waals surface area contributed by atoms with Crippen molar-refractivity contribution in [3.05, 3.63) is 108 Å². The van der Waals surface area contributed by atoms with E-state index in [0.717, 1.165) is 23.9 Å². The molecule has 0 spiro atoms. The Morgan fingerprint density at radius 3 is 1.85 bits per heavy atom. The van der Waals surface area contributed by atoms with E-state index in [1.807, 2.05) is 0 Å². The van der Waals surface area contributed by atoms with Gasteiger partial charge in [0.25, 0.3) is 0 Å². The summed E-state index contributed by atoms with van der Waals surface area (Å²) in [6.07, 6.45) is 9.85. The maximum Gasteiger partial charge on any atom is 0.199 e. The zero-order valence-corrected chi connectivity index (χ0v) is 21.0. The van der Waals surface area contributed by atoms with E-state index in [9.17, 15) is 0 Å². The van der Waals surface area contributed by atoms with E-state index in [0.29, 0.717) is 0 Å². The van der Waals surface area contributed by atoms with Gasteiger partial charge in [-0.25, -0.2) is 0 Å². The fourth-order valence-corrected chi connectivity index (χ4v) is 11.9. The van der Waals surface area contributed by atoms with Crippen molar-refractivity contribution in [2.45, 2.75) is 62.6 Å². The first-order chi connectivity index (χ1) is 16.9. The Kier molecular flexibility index (Phi) is 6.06. The minimum Gasteiger partial charge on any atom is -0.115 e. The van der Waals surface area contributed by atoms with Gasteiger partial charge in [-0.1, -0.05) is 140 Å². The molecule has 3 aliphatic heterocycles. The maximum atomic E-state index is 4.04. The number of hydrogen-bond donors (Lipinski definition) is 0. The minimum absolute atomic E-state index is 0.786. The predicted molar refractivity (Wildman–Crippen MR) is 149 cm³/mol. The van der Waals surface area contributed by atoms with Gasteiger partial charge in [-0.3, -0.25) is 0 Å². The Labute approximate surface area is 206 Å². The van der Waals surface area contributed by atoms with Crippen LogP contribution < -0.4 is 5.19 Å². The molecule has 0 aliphatic carbocycles. The van der Waals surface area contributed by atoms with Gasteiger partial charge >= 0.3 is 0 Å². The smallest absolute Gasteiger partial charge is 0.115 e. The van der Waals surface area contributed by atoms with Crippen molar-refractivity contribution in [1.29, 1.82) is 0 Å². The van der Waals surface area contributed by atoms with Crippen LogP contribution in [0.4, 0.5) is 0 Å². The summed E-state index contributed by atoms with van der Waals surface area (Å²) < 4.78 is 0. The van der Waals surface area contributed by atoms with Crippen LogP contribution >= 0.6 is 0 Å². The molecular formula is C32H33BSi. The molecule has 6 rings (SSSR count). The van der Waals surface area contributed by atoms with Gasteiger partial charge in [-0.05, 0) is 40.5 Å². The maximum absolute atomic E-state index is 4.04. The Balaban J connectivity index is 1.58. The number of rotatable bonds is 3. The Bertz CT molecular complexity index is 1200. The molecular weight excluding hydrogens is 423 g/mol. The van der Waals surface area contributed by atoms with Crippen molar-refractivity contribution in [3.8, 4) is 11.5 Å². The van der Waals surface area contributed by atoms with Crippen LogP contribution in [0.25, 0.3) is 5.20 Å². The third kappa shape index (κ3) is 3.91. The van der Waals surface area contributed by atoms with Crippen molar-refractivity contribution in [1.82, 2.24) is 0 Å². The highest BCUT2D eigenvalue weighted by molar-refractivity contribution is 7.13. The van der Waals surface area contributed by atoms with Gasteiger partial charge in [0.05, 0.1) is 0 Å². The van der Waals surface area contributed by atoms with Gasteiger partial charge in [0.1, 0.15) is 0 Å². The van der Waals surface area contributed by atoms with Crippen molar-refractivity contribution in [3.63, 3.8) is 0 Å². The van der Waals surface area contributed by atoms with Gasteiger partial charge in [-0.15, -0.1) is 5.54 Å². The number of benzene rings is 3. The lowest BCUT2D eigenvalue weighted by Gasteiger charge is -2.42. The molecule has 3 aromatic carbocycles. The van der Waals surface area contributed by atoms with E-state index in [-0.39, 0.29) is 0 Å². The Morgan fingerprint density at radius 1 is 0.676 bits per heavy atom. The Morgan fingerprint density at radius 2 is 1.24 bits per heavy atom. The molecule has 2 saturated heterocycles. The van der Waals surface area contributed by atoms with Crippen molar-refractivity contribution < 1.29 is 0 Å². The zero-order valence-electron chi connectivity index (χ0n) is 20.0. The Hall–Kier alpha value is -2.76. The van der Waals surface area contributed by atoms with Crippen molar-refractivity contribution in [2.75, 3.05) is 0 Å². The van der Waals surface area contributed by atoms with Crippen LogP contribution in [0.5, 0.6) is 0 Å². The summed E-state index contributed by atoms with van der Waals surface area (Å²) in [5, 5.41) is 3.17. The van der Waals surface area contributed by atoms with E-state index in [4.69, 9.17) is 0 Å². The molecule has 1 unspecified atom stereocenters. The van der Waals surface area contributed by atoms with Gasteiger partial charge in [0, 0.05) is 5.56 Å². The summed E-state index contributed by atoms with van der Waals surface area (Å²) in [6, 6.07) is 34.6. The lowest BCUT2D eigenvalue weighted by molar-refractivity contribution is 0.445. The highest BCUT2D eigenvalue weighted by atomic mass is 28.3. The summed E-state index contributed by atoms with van der Waals surface area (Å²) in [4.78, 5) is 0. The molecule has 3 heterocycles. The highest BCUT2D eigenvalue weighted by Crippen LogP contribution is 2.54. The van der Waals surface area contributed by atoms with E-state index < -0.39 is 8.07 Å². The normalized spacial score (nSPS) is 26.2. The SMILES string of the molecule is C(#C[Si]1(c2ccccc2)CCC(B2C3CCCC2CCC3)=C1c1ccccc1)c1ccccc1. The average Bonchev–Trinajstić information content (AvgIpc) is 3.29. The molecule has 2 bridgehead atoms. The van der Waals surface area contributed by atoms with Crippen LogP contribution in [0.1, 0.15) is 56.1 Å². The van der Waals surface area contributed by atoms with Gasteiger partial charge in [-0.2, -0.15) is 0 Å². The zero-order chi connectivity index (χ0) is 22.8.